The maximum Gasteiger partial charge on any atom is 0.414 e. The lowest BCUT2D eigenvalue weighted by molar-refractivity contribution is -0.159. The molecule has 1 heterocycles. The van der Waals surface area contributed by atoms with Crippen molar-refractivity contribution in [2.75, 3.05) is 18.8 Å². The van der Waals surface area contributed by atoms with Crippen molar-refractivity contribution in [2.45, 2.75) is 24.2 Å². The van der Waals surface area contributed by atoms with E-state index in [0.29, 0.717) is 12.5 Å². The van der Waals surface area contributed by atoms with E-state index in [1.54, 1.807) is 18.1 Å². The summed E-state index contributed by atoms with van der Waals surface area (Å²) in [5, 5.41) is 29.4. The van der Waals surface area contributed by atoms with Gasteiger partial charge in [0.1, 0.15) is 0 Å². The molecular weight excluding hydrogens is 408 g/mol. The Hall–Kier alpha value is -3.52. The van der Waals surface area contributed by atoms with Crippen LogP contribution >= 0.6 is 11.8 Å². The van der Waals surface area contributed by atoms with E-state index < -0.39 is 11.9 Å². The molecule has 10 nitrogen and oxygen atoms in total. The van der Waals surface area contributed by atoms with Crippen molar-refractivity contribution in [3.05, 3.63) is 48.5 Å². The lowest BCUT2D eigenvalue weighted by atomic mass is 10.2. The molecule has 160 valence electrons. The quantitative estimate of drug-likeness (QED) is 0.0754. The van der Waals surface area contributed by atoms with Crippen LogP contribution in [0.2, 0.25) is 0 Å². The van der Waals surface area contributed by atoms with E-state index in [-0.39, 0.29) is 0 Å². The Morgan fingerprint density at radius 2 is 1.93 bits per heavy atom. The van der Waals surface area contributed by atoms with Crippen LogP contribution in [0.15, 0.2) is 52.7 Å². The van der Waals surface area contributed by atoms with Crippen molar-refractivity contribution >= 4 is 29.7 Å². The molecule has 0 aliphatic carbocycles. The van der Waals surface area contributed by atoms with Crippen LogP contribution in [-0.2, 0) is 16.0 Å². The third-order valence-corrected chi connectivity index (χ3v) is 4.46. The number of aliphatic imine (C=N–C) groups is 1. The minimum Gasteiger partial charge on any atom is -0.473 e. The smallest absolute Gasteiger partial charge is 0.414 e. The number of carboxylic acids is 2. The number of nitrogens with zero attached hydrogens (tertiary/aromatic N) is 3. The molecule has 11 heteroatoms. The van der Waals surface area contributed by atoms with Gasteiger partial charge in [-0.3, -0.25) is 10.3 Å². The van der Waals surface area contributed by atoms with Crippen LogP contribution in [0.5, 0.6) is 0 Å². The maximum absolute atomic E-state index is 9.10. The number of aromatic amines is 1. The number of nitriles is 1. The molecule has 2 rings (SSSR count). The summed E-state index contributed by atoms with van der Waals surface area (Å²) in [6.45, 7) is 1.44. The van der Waals surface area contributed by atoms with E-state index in [2.05, 4.69) is 37.7 Å². The second-order valence-electron chi connectivity index (χ2n) is 5.70. The van der Waals surface area contributed by atoms with Gasteiger partial charge in [-0.2, -0.15) is 5.26 Å². The van der Waals surface area contributed by atoms with Crippen molar-refractivity contribution in [3.8, 4) is 6.19 Å². The normalized spacial score (nSPS) is 10.3. The number of H-pyrrole nitrogens is 1. The Labute approximate surface area is 178 Å². The topological polar surface area (TPSA) is 163 Å². The lowest BCUT2D eigenvalue weighted by Gasteiger charge is -2.08. The zero-order chi connectivity index (χ0) is 22.0. The van der Waals surface area contributed by atoms with Gasteiger partial charge in [-0.25, -0.2) is 14.6 Å². The first-order valence-corrected chi connectivity index (χ1v) is 10.1. The van der Waals surface area contributed by atoms with Crippen LogP contribution in [0.25, 0.3) is 0 Å². The highest BCUT2D eigenvalue weighted by molar-refractivity contribution is 7.99. The highest BCUT2D eigenvalue weighted by Gasteiger charge is 2.04. The zero-order valence-electron chi connectivity index (χ0n) is 16.2. The Bertz CT molecular complexity index is 809. The summed E-state index contributed by atoms with van der Waals surface area (Å²) in [5.74, 6) is -2.19. The largest absolute Gasteiger partial charge is 0.473 e. The highest BCUT2D eigenvalue weighted by atomic mass is 32.2. The molecule has 0 amide bonds. The first-order chi connectivity index (χ1) is 14.5. The fourth-order valence-electron chi connectivity index (χ4n) is 2.09. The van der Waals surface area contributed by atoms with E-state index in [1.165, 1.54) is 4.90 Å². The van der Waals surface area contributed by atoms with Gasteiger partial charge in [0.05, 0.1) is 6.33 Å². The molecule has 0 unspecified atom stereocenters. The third kappa shape index (κ3) is 12.0. The fourth-order valence-corrected chi connectivity index (χ4v) is 2.88. The van der Waals surface area contributed by atoms with Crippen LogP contribution in [0.1, 0.15) is 18.5 Å². The average molecular weight is 433 g/mol. The first kappa shape index (κ1) is 24.5. The van der Waals surface area contributed by atoms with Gasteiger partial charge in [0.15, 0.2) is 6.19 Å². The number of carbonyl (C=O) groups is 2. The van der Waals surface area contributed by atoms with Crippen molar-refractivity contribution in [2.24, 2.45) is 4.99 Å². The minimum absolute atomic E-state index is 0.549. The van der Waals surface area contributed by atoms with Gasteiger partial charge in [0, 0.05) is 35.6 Å². The molecule has 1 aromatic heterocycles. The second kappa shape index (κ2) is 15.4. The van der Waals surface area contributed by atoms with Crippen molar-refractivity contribution < 1.29 is 19.8 Å². The number of rotatable bonds is 9. The number of carboxylic acid groups (broad SMARTS) is 2. The van der Waals surface area contributed by atoms with E-state index in [4.69, 9.17) is 25.1 Å². The Kier molecular flexibility index (Phi) is 12.6. The predicted molar refractivity (Wildman–Crippen MR) is 113 cm³/mol. The summed E-state index contributed by atoms with van der Waals surface area (Å²) in [4.78, 5) is 30.9. The molecule has 0 saturated carbocycles. The summed E-state index contributed by atoms with van der Waals surface area (Å²) in [5.41, 5.74) is 1.14. The van der Waals surface area contributed by atoms with Crippen LogP contribution in [0.3, 0.4) is 0 Å². The number of imidazole rings is 1. The average Bonchev–Trinajstić information content (AvgIpc) is 3.25. The van der Waals surface area contributed by atoms with Crippen LogP contribution in [-0.4, -0.2) is 56.9 Å². The van der Waals surface area contributed by atoms with E-state index in [1.807, 2.05) is 30.6 Å². The number of aliphatic carboxylic acids is 2. The number of unbranched alkanes of at least 4 members (excludes halogenated alkanes) is 1. The molecule has 2 aromatic rings. The minimum atomic E-state index is -1.82. The number of nitrogens with one attached hydrogen (secondary N) is 3. The number of aromatic nitrogens is 2. The van der Waals surface area contributed by atoms with Crippen molar-refractivity contribution in [1.29, 1.82) is 5.26 Å². The molecule has 0 aliphatic rings. The Balaban J connectivity index is 0.000000656. The molecule has 0 saturated heterocycles. The summed E-state index contributed by atoms with van der Waals surface area (Å²) in [6.07, 6.45) is 8.44. The summed E-state index contributed by atoms with van der Waals surface area (Å²) in [6, 6.07) is 10.3. The SMILES string of the molecule is N#CNC(=NCCCCc1cnc[nH]1)NCCSc1ccccc1.O=C(O)C(=O)O. The number of guanidine groups is 1. The molecule has 0 radical (unpaired) electrons. The van der Waals surface area contributed by atoms with Gasteiger partial charge in [-0.05, 0) is 31.4 Å². The molecule has 0 aliphatic heterocycles. The number of aryl methyl sites for hydroxylation is 1. The molecular formula is C19H24N6O4S. The Morgan fingerprint density at radius 3 is 2.53 bits per heavy atom. The molecule has 0 spiro atoms. The number of benzene rings is 1. The molecule has 0 atom stereocenters. The van der Waals surface area contributed by atoms with Crippen LogP contribution < -0.4 is 10.6 Å². The van der Waals surface area contributed by atoms with Gasteiger partial charge < -0.3 is 20.5 Å². The summed E-state index contributed by atoms with van der Waals surface area (Å²) < 4.78 is 0. The highest BCUT2D eigenvalue weighted by Crippen LogP contribution is 2.15. The van der Waals surface area contributed by atoms with Gasteiger partial charge in [-0.1, -0.05) is 18.2 Å². The van der Waals surface area contributed by atoms with Crippen LogP contribution in [0.4, 0.5) is 0 Å². The molecule has 1 aromatic carbocycles. The first-order valence-electron chi connectivity index (χ1n) is 9.07. The van der Waals surface area contributed by atoms with Gasteiger partial charge >= 0.3 is 11.9 Å². The predicted octanol–water partition coefficient (Wildman–Crippen LogP) is 1.70. The molecule has 0 fully saturated rings. The third-order valence-electron chi connectivity index (χ3n) is 3.44. The second-order valence-corrected chi connectivity index (χ2v) is 6.87. The van der Waals surface area contributed by atoms with E-state index in [0.717, 1.165) is 37.3 Å². The molecule has 5 N–H and O–H groups in total. The van der Waals surface area contributed by atoms with Crippen molar-refractivity contribution in [1.82, 2.24) is 20.6 Å². The lowest BCUT2D eigenvalue weighted by Crippen LogP contribution is -2.36. The van der Waals surface area contributed by atoms with Gasteiger partial charge in [0.25, 0.3) is 0 Å². The van der Waals surface area contributed by atoms with E-state index in [9.17, 15) is 0 Å². The van der Waals surface area contributed by atoms with Crippen LogP contribution in [0, 0.1) is 11.5 Å². The number of thioether (sulfide) groups is 1. The monoisotopic (exact) mass is 432 g/mol. The Morgan fingerprint density at radius 1 is 1.20 bits per heavy atom. The van der Waals surface area contributed by atoms with Gasteiger partial charge in [0.2, 0.25) is 5.96 Å². The van der Waals surface area contributed by atoms with Crippen molar-refractivity contribution in [3.63, 3.8) is 0 Å². The zero-order valence-corrected chi connectivity index (χ0v) is 17.1. The van der Waals surface area contributed by atoms with Gasteiger partial charge in [-0.15, -0.1) is 11.8 Å². The summed E-state index contributed by atoms with van der Waals surface area (Å²) >= 11 is 1.77. The number of hydrogen-bond acceptors (Lipinski definition) is 6. The van der Waals surface area contributed by atoms with E-state index >= 15 is 0 Å². The standard InChI is InChI=1S/C17H22N6S.C2H2O4/c18-13-22-17(20-9-5-4-6-15-12-19-14-23-15)21-10-11-24-16-7-2-1-3-8-16;3-1(4)2(5)6/h1-3,7-8,12,14H,4-6,9-11H2,(H,19,23)(H2,20,21,22);(H,3,4)(H,5,6). The number of hydrogen-bond donors (Lipinski definition) is 5. The fraction of sp³-hybridized carbons (Fsp3) is 0.316. The summed E-state index contributed by atoms with van der Waals surface area (Å²) in [7, 11) is 0. The molecule has 30 heavy (non-hydrogen) atoms. The maximum atomic E-state index is 9.10. The molecule has 0 bridgehead atoms.